The van der Waals surface area contributed by atoms with Gasteiger partial charge in [0.05, 0.1) is 30.8 Å². The number of hydrogen-bond donors (Lipinski definition) is 4. The summed E-state index contributed by atoms with van der Waals surface area (Å²) in [6.45, 7) is 0. The van der Waals surface area contributed by atoms with Crippen molar-refractivity contribution in [3.05, 3.63) is 79.5 Å². The number of anilines is 2. The van der Waals surface area contributed by atoms with Gasteiger partial charge in [0.15, 0.2) is 0 Å². The number of aromatic nitrogens is 2. The first-order valence-corrected chi connectivity index (χ1v) is 11.1. The zero-order valence-electron chi connectivity index (χ0n) is 16.4. The normalized spacial score (nSPS) is 10.8. The summed E-state index contributed by atoms with van der Waals surface area (Å²) < 4.78 is 19.1. The van der Waals surface area contributed by atoms with Crippen LogP contribution in [0.25, 0.3) is 16.6 Å². The average Bonchev–Trinajstić information content (AvgIpc) is 3.19. The average molecular weight is 492 g/mol. The highest BCUT2D eigenvalue weighted by molar-refractivity contribution is 7.99. The van der Waals surface area contributed by atoms with Gasteiger partial charge in [0.1, 0.15) is 5.82 Å². The standard InChI is InChI=1S/C20H15ClFN5O3S2/c1-23-15-9-14-12(8-13(15)22)18(28)27(20(30)25-14)11-4-2-10(3-5-11)24-19(29)26-32-17-7-6-16(21)31-17/h2-9,23H,1H3,(H,25,30)(H2,24,26,29). The highest BCUT2D eigenvalue weighted by Gasteiger charge is 2.13. The van der Waals surface area contributed by atoms with Gasteiger partial charge in [-0.2, -0.15) is 0 Å². The van der Waals surface area contributed by atoms with E-state index in [1.165, 1.54) is 36.6 Å². The number of benzene rings is 2. The van der Waals surface area contributed by atoms with Crippen molar-refractivity contribution in [1.29, 1.82) is 0 Å². The van der Waals surface area contributed by atoms with Gasteiger partial charge in [-0.1, -0.05) is 11.6 Å². The van der Waals surface area contributed by atoms with E-state index in [4.69, 9.17) is 11.6 Å². The lowest BCUT2D eigenvalue weighted by Crippen LogP contribution is -2.33. The molecule has 4 rings (SSSR count). The predicted molar refractivity (Wildman–Crippen MR) is 127 cm³/mol. The number of aromatic amines is 1. The van der Waals surface area contributed by atoms with E-state index in [0.717, 1.165) is 26.8 Å². The minimum absolute atomic E-state index is 0.0355. The van der Waals surface area contributed by atoms with Crippen LogP contribution in [-0.2, 0) is 0 Å². The molecule has 4 N–H and O–H groups in total. The molecule has 0 atom stereocenters. The molecule has 0 aliphatic heterocycles. The van der Waals surface area contributed by atoms with E-state index in [1.54, 1.807) is 24.3 Å². The summed E-state index contributed by atoms with van der Waals surface area (Å²) in [5.41, 5.74) is -0.216. The highest BCUT2D eigenvalue weighted by atomic mass is 35.5. The molecule has 4 aromatic rings. The maximum absolute atomic E-state index is 14.1. The lowest BCUT2D eigenvalue weighted by atomic mass is 10.2. The molecule has 0 radical (unpaired) electrons. The van der Waals surface area contributed by atoms with E-state index >= 15 is 0 Å². The number of hydrogen-bond acceptors (Lipinski definition) is 6. The number of halogens is 2. The summed E-state index contributed by atoms with van der Waals surface area (Å²) in [4.78, 5) is 40.0. The van der Waals surface area contributed by atoms with Crippen molar-refractivity contribution in [2.24, 2.45) is 0 Å². The van der Waals surface area contributed by atoms with Crippen LogP contribution in [0.3, 0.4) is 0 Å². The Balaban J connectivity index is 1.55. The fourth-order valence-corrected chi connectivity index (χ4v) is 4.82. The van der Waals surface area contributed by atoms with Gasteiger partial charge in [0.2, 0.25) is 0 Å². The van der Waals surface area contributed by atoms with E-state index in [2.05, 4.69) is 20.3 Å². The van der Waals surface area contributed by atoms with Gasteiger partial charge in [0.25, 0.3) is 5.56 Å². The third kappa shape index (κ3) is 4.49. The summed E-state index contributed by atoms with van der Waals surface area (Å²) in [7, 11) is 1.54. The van der Waals surface area contributed by atoms with E-state index in [9.17, 15) is 18.8 Å². The zero-order valence-corrected chi connectivity index (χ0v) is 18.8. The van der Waals surface area contributed by atoms with E-state index in [1.807, 2.05) is 0 Å². The lowest BCUT2D eigenvalue weighted by Gasteiger charge is -2.10. The molecule has 12 heteroatoms. The molecule has 2 aromatic heterocycles. The number of amides is 2. The van der Waals surface area contributed by atoms with Crippen LogP contribution in [0.2, 0.25) is 4.34 Å². The number of rotatable bonds is 5. The van der Waals surface area contributed by atoms with Gasteiger partial charge in [-0.15, -0.1) is 11.3 Å². The largest absolute Gasteiger partial charge is 0.386 e. The topological polar surface area (TPSA) is 108 Å². The van der Waals surface area contributed by atoms with Crippen LogP contribution in [0.4, 0.5) is 20.6 Å². The maximum atomic E-state index is 14.1. The molecule has 2 aromatic carbocycles. The Morgan fingerprint density at radius 1 is 1.16 bits per heavy atom. The maximum Gasteiger partial charge on any atom is 0.333 e. The summed E-state index contributed by atoms with van der Waals surface area (Å²) in [5.74, 6) is -0.607. The molecule has 32 heavy (non-hydrogen) atoms. The fraction of sp³-hybridized carbons (Fsp3) is 0.0500. The van der Waals surface area contributed by atoms with E-state index in [-0.39, 0.29) is 22.3 Å². The Labute approximate surface area is 193 Å². The first kappa shape index (κ1) is 21.9. The third-order valence-electron chi connectivity index (χ3n) is 4.43. The smallest absolute Gasteiger partial charge is 0.333 e. The first-order chi connectivity index (χ1) is 15.4. The molecule has 0 fully saturated rings. The van der Waals surface area contributed by atoms with Gasteiger partial charge >= 0.3 is 11.7 Å². The number of urea groups is 1. The van der Waals surface area contributed by atoms with E-state index in [0.29, 0.717) is 10.0 Å². The highest BCUT2D eigenvalue weighted by Crippen LogP contribution is 2.28. The molecule has 0 spiro atoms. The van der Waals surface area contributed by atoms with Crippen LogP contribution in [0.1, 0.15) is 0 Å². The van der Waals surface area contributed by atoms with Crippen LogP contribution in [-0.4, -0.2) is 22.6 Å². The van der Waals surface area contributed by atoms with Crippen molar-refractivity contribution in [1.82, 2.24) is 14.3 Å². The van der Waals surface area contributed by atoms with Crippen LogP contribution in [0.5, 0.6) is 0 Å². The molecular formula is C20H15ClFN5O3S2. The molecule has 0 aliphatic rings. The van der Waals surface area contributed by atoms with Gasteiger partial charge in [0, 0.05) is 12.7 Å². The Morgan fingerprint density at radius 2 is 1.91 bits per heavy atom. The fourth-order valence-electron chi connectivity index (χ4n) is 2.96. The van der Waals surface area contributed by atoms with Crippen molar-refractivity contribution in [3.8, 4) is 5.69 Å². The van der Waals surface area contributed by atoms with Crippen LogP contribution in [0.15, 0.2) is 62.3 Å². The van der Waals surface area contributed by atoms with Crippen molar-refractivity contribution < 1.29 is 9.18 Å². The molecule has 0 saturated carbocycles. The number of nitrogens with zero attached hydrogens (tertiary/aromatic N) is 1. The summed E-state index contributed by atoms with van der Waals surface area (Å²) in [5, 5.41) is 5.34. The molecular weight excluding hydrogens is 477 g/mol. The summed E-state index contributed by atoms with van der Waals surface area (Å²) in [6, 6.07) is 11.6. The predicted octanol–water partition coefficient (Wildman–Crippen LogP) is 4.40. The zero-order chi connectivity index (χ0) is 22.8. The lowest BCUT2D eigenvalue weighted by molar-refractivity contribution is 0.257. The Morgan fingerprint density at radius 3 is 2.56 bits per heavy atom. The van der Waals surface area contributed by atoms with Crippen molar-refractivity contribution in [3.63, 3.8) is 0 Å². The van der Waals surface area contributed by atoms with E-state index < -0.39 is 23.1 Å². The number of carbonyl (C=O) groups excluding carboxylic acids is 1. The second kappa shape index (κ2) is 9.07. The minimum Gasteiger partial charge on any atom is -0.386 e. The van der Waals surface area contributed by atoms with Crippen LogP contribution in [0, 0.1) is 5.82 Å². The number of thiophene rings is 1. The first-order valence-electron chi connectivity index (χ1n) is 9.11. The molecule has 0 unspecified atom stereocenters. The number of carbonyl (C=O) groups is 1. The molecule has 164 valence electrons. The van der Waals surface area contributed by atoms with Crippen LogP contribution < -0.4 is 26.6 Å². The molecule has 0 bridgehead atoms. The molecule has 8 nitrogen and oxygen atoms in total. The molecule has 2 amide bonds. The number of nitrogens with one attached hydrogen (secondary N) is 4. The van der Waals surface area contributed by atoms with Crippen molar-refractivity contribution >= 4 is 63.2 Å². The van der Waals surface area contributed by atoms with Gasteiger partial charge in [-0.25, -0.2) is 18.5 Å². The van der Waals surface area contributed by atoms with Crippen molar-refractivity contribution in [2.75, 3.05) is 17.7 Å². The molecule has 0 aliphatic carbocycles. The van der Waals surface area contributed by atoms with Crippen LogP contribution >= 0.6 is 34.9 Å². The van der Waals surface area contributed by atoms with Gasteiger partial charge in [-0.3, -0.25) is 9.52 Å². The van der Waals surface area contributed by atoms with Crippen molar-refractivity contribution in [2.45, 2.75) is 4.21 Å². The van der Waals surface area contributed by atoms with Gasteiger partial charge < -0.3 is 15.6 Å². The molecule has 0 saturated heterocycles. The minimum atomic E-state index is -0.666. The summed E-state index contributed by atoms with van der Waals surface area (Å²) in [6.07, 6.45) is 0. The SMILES string of the molecule is CNc1cc2[nH]c(=O)n(-c3ccc(NC(=O)NSc4ccc(Cl)s4)cc3)c(=O)c2cc1F. The quantitative estimate of drug-likeness (QED) is 0.309. The Kier molecular flexibility index (Phi) is 6.21. The van der Waals surface area contributed by atoms with Gasteiger partial charge in [-0.05, 0) is 60.5 Å². The summed E-state index contributed by atoms with van der Waals surface area (Å²) >= 11 is 8.31. The third-order valence-corrected chi connectivity index (χ3v) is 6.58. The Hall–Kier alpha value is -3.28. The Bertz CT molecular complexity index is 1430. The monoisotopic (exact) mass is 491 g/mol. The number of H-pyrrole nitrogens is 1. The number of fused-ring (bicyclic) bond motifs is 1. The second-order valence-electron chi connectivity index (χ2n) is 6.46. The second-order valence-corrected chi connectivity index (χ2v) is 9.28. The molecule has 2 heterocycles.